The number of nitrogens with zero attached hydrogens (tertiary/aromatic N) is 6. The summed E-state index contributed by atoms with van der Waals surface area (Å²) in [5, 5.41) is 5.48. The van der Waals surface area contributed by atoms with Crippen molar-refractivity contribution in [3.63, 3.8) is 0 Å². The van der Waals surface area contributed by atoms with Crippen molar-refractivity contribution in [1.29, 1.82) is 0 Å². The molecule has 1 atom stereocenters. The predicted molar refractivity (Wildman–Crippen MR) is 92.0 cm³/mol. The second kappa shape index (κ2) is 5.56. The molecule has 3 aromatic heterocycles. The van der Waals surface area contributed by atoms with Crippen molar-refractivity contribution in [3.8, 4) is 0 Å². The number of aryl methyl sites for hydroxylation is 3. The van der Waals surface area contributed by atoms with Gasteiger partial charge in [0.2, 0.25) is 0 Å². The Morgan fingerprint density at radius 3 is 2.91 bits per heavy atom. The van der Waals surface area contributed by atoms with E-state index in [0.29, 0.717) is 6.04 Å². The van der Waals surface area contributed by atoms with Crippen LogP contribution in [0.2, 0.25) is 0 Å². The summed E-state index contributed by atoms with van der Waals surface area (Å²) in [4.78, 5) is 18.4. The third-order valence-electron chi connectivity index (χ3n) is 4.63. The van der Waals surface area contributed by atoms with Crippen LogP contribution in [0.15, 0.2) is 12.7 Å². The summed E-state index contributed by atoms with van der Waals surface area (Å²) in [5.41, 5.74) is 1.31. The van der Waals surface area contributed by atoms with Crippen LogP contribution in [0, 0.1) is 20.8 Å². The highest BCUT2D eigenvalue weighted by molar-refractivity contribution is 7.18. The zero-order valence-electron chi connectivity index (χ0n) is 13.7. The van der Waals surface area contributed by atoms with Crippen molar-refractivity contribution in [1.82, 2.24) is 24.7 Å². The van der Waals surface area contributed by atoms with Crippen LogP contribution in [0.1, 0.15) is 29.1 Å². The minimum absolute atomic E-state index is 0.411. The molecular formula is C16H20N6S. The van der Waals surface area contributed by atoms with Gasteiger partial charge >= 0.3 is 0 Å². The summed E-state index contributed by atoms with van der Waals surface area (Å²) in [6, 6.07) is 0.411. The maximum atomic E-state index is 4.81. The lowest BCUT2D eigenvalue weighted by molar-refractivity contribution is 0.506. The molecular weight excluding hydrogens is 308 g/mol. The molecule has 1 aliphatic rings. The fraction of sp³-hybridized carbons (Fsp3) is 0.500. The lowest BCUT2D eigenvalue weighted by Gasteiger charge is -2.26. The molecule has 0 aliphatic carbocycles. The molecule has 4 rings (SSSR count). The van der Waals surface area contributed by atoms with Gasteiger partial charge < -0.3 is 4.90 Å². The minimum atomic E-state index is 0.411. The van der Waals surface area contributed by atoms with E-state index in [9.17, 15) is 0 Å². The average Bonchev–Trinajstić information content (AvgIpc) is 3.22. The largest absolute Gasteiger partial charge is 0.351 e. The third-order valence-corrected chi connectivity index (χ3v) is 5.74. The highest BCUT2D eigenvalue weighted by atomic mass is 32.1. The summed E-state index contributed by atoms with van der Waals surface area (Å²) in [6.07, 6.45) is 5.73. The average molecular weight is 328 g/mol. The molecule has 4 heterocycles. The first-order valence-electron chi connectivity index (χ1n) is 7.97. The quantitative estimate of drug-likeness (QED) is 0.740. The molecule has 0 aromatic carbocycles. The van der Waals surface area contributed by atoms with Gasteiger partial charge in [0.1, 0.15) is 29.1 Å². The molecule has 0 bridgehead atoms. The van der Waals surface area contributed by atoms with Gasteiger partial charge in [-0.1, -0.05) is 0 Å². The van der Waals surface area contributed by atoms with Gasteiger partial charge in [0, 0.05) is 11.4 Å². The molecule has 23 heavy (non-hydrogen) atoms. The molecule has 0 N–H and O–H groups in total. The van der Waals surface area contributed by atoms with Crippen molar-refractivity contribution in [3.05, 3.63) is 28.9 Å². The number of aromatic nitrogens is 5. The Bertz CT molecular complexity index is 838. The topological polar surface area (TPSA) is 59.7 Å². The maximum Gasteiger partial charge on any atom is 0.141 e. The first-order valence-corrected chi connectivity index (χ1v) is 8.78. The number of fused-ring (bicyclic) bond motifs is 1. The summed E-state index contributed by atoms with van der Waals surface area (Å²) in [7, 11) is 0. The standard InChI is InChI=1S/C16H20N6S/c1-10-11(2)23-16-14(10)15(19-12(3)20-16)22-6-4-5-13(22)7-21-9-17-8-18-21/h8-9,13H,4-7H2,1-3H3/t13-/m0/s1. The Hall–Kier alpha value is -2.02. The summed E-state index contributed by atoms with van der Waals surface area (Å²) >= 11 is 1.77. The smallest absolute Gasteiger partial charge is 0.141 e. The van der Waals surface area contributed by atoms with Crippen LogP contribution < -0.4 is 4.90 Å². The second-order valence-electron chi connectivity index (χ2n) is 6.16. The summed E-state index contributed by atoms with van der Waals surface area (Å²) in [6.45, 7) is 8.22. The number of anilines is 1. The molecule has 3 aromatic rings. The predicted octanol–water partition coefficient (Wildman–Crippen LogP) is 2.88. The third kappa shape index (κ3) is 2.49. The van der Waals surface area contributed by atoms with E-state index >= 15 is 0 Å². The molecule has 1 fully saturated rings. The Morgan fingerprint density at radius 1 is 1.26 bits per heavy atom. The number of thiophene rings is 1. The Balaban J connectivity index is 1.78. The van der Waals surface area contributed by atoms with E-state index in [-0.39, 0.29) is 0 Å². The van der Waals surface area contributed by atoms with Gasteiger partial charge in [-0.05, 0) is 39.2 Å². The van der Waals surface area contributed by atoms with E-state index in [4.69, 9.17) is 4.98 Å². The van der Waals surface area contributed by atoms with Gasteiger partial charge in [0.05, 0.1) is 18.0 Å². The zero-order chi connectivity index (χ0) is 16.0. The summed E-state index contributed by atoms with van der Waals surface area (Å²) in [5.74, 6) is 1.94. The van der Waals surface area contributed by atoms with Crippen molar-refractivity contribution in [2.24, 2.45) is 0 Å². The monoisotopic (exact) mass is 328 g/mol. The fourth-order valence-electron chi connectivity index (χ4n) is 3.39. The number of rotatable bonds is 3. The SMILES string of the molecule is Cc1nc(N2CCC[C@H]2Cn2cncn2)c2c(C)c(C)sc2n1. The lowest BCUT2D eigenvalue weighted by atomic mass is 10.2. The molecule has 0 saturated carbocycles. The van der Waals surface area contributed by atoms with Crippen LogP contribution in [0.3, 0.4) is 0 Å². The first kappa shape index (κ1) is 14.6. The van der Waals surface area contributed by atoms with Gasteiger partial charge in [-0.15, -0.1) is 11.3 Å². The molecule has 0 unspecified atom stereocenters. The highest BCUT2D eigenvalue weighted by Gasteiger charge is 2.29. The Labute approximate surface area is 139 Å². The van der Waals surface area contributed by atoms with E-state index in [1.54, 1.807) is 24.0 Å². The Morgan fingerprint density at radius 2 is 2.13 bits per heavy atom. The van der Waals surface area contributed by atoms with Crippen molar-refractivity contribution < 1.29 is 0 Å². The number of hydrogen-bond donors (Lipinski definition) is 0. The second-order valence-corrected chi connectivity index (χ2v) is 7.37. The molecule has 0 spiro atoms. The maximum absolute atomic E-state index is 4.81. The molecule has 7 heteroatoms. The van der Waals surface area contributed by atoms with Crippen LogP contribution in [0.5, 0.6) is 0 Å². The van der Waals surface area contributed by atoms with E-state index < -0.39 is 0 Å². The lowest BCUT2D eigenvalue weighted by Crippen LogP contribution is -2.34. The van der Waals surface area contributed by atoms with E-state index in [1.807, 2.05) is 11.6 Å². The number of hydrogen-bond acceptors (Lipinski definition) is 6. The minimum Gasteiger partial charge on any atom is -0.351 e. The van der Waals surface area contributed by atoms with Crippen molar-refractivity contribution in [2.75, 3.05) is 11.4 Å². The molecule has 120 valence electrons. The van der Waals surface area contributed by atoms with Crippen LogP contribution in [-0.4, -0.2) is 37.3 Å². The van der Waals surface area contributed by atoms with Gasteiger partial charge in [-0.2, -0.15) is 5.10 Å². The van der Waals surface area contributed by atoms with E-state index in [1.165, 1.54) is 22.2 Å². The molecule has 6 nitrogen and oxygen atoms in total. The highest BCUT2D eigenvalue weighted by Crippen LogP contribution is 2.37. The first-order chi connectivity index (χ1) is 11.1. The Kier molecular flexibility index (Phi) is 3.52. The van der Waals surface area contributed by atoms with Crippen molar-refractivity contribution in [2.45, 2.75) is 46.2 Å². The molecule has 1 aliphatic heterocycles. The van der Waals surface area contributed by atoms with E-state index in [2.05, 4.69) is 33.8 Å². The molecule has 1 saturated heterocycles. The molecule has 0 amide bonds. The fourth-order valence-corrected chi connectivity index (χ4v) is 4.46. The normalized spacial score (nSPS) is 18.2. The van der Waals surface area contributed by atoms with Gasteiger partial charge in [0.15, 0.2) is 0 Å². The zero-order valence-corrected chi connectivity index (χ0v) is 14.5. The van der Waals surface area contributed by atoms with E-state index in [0.717, 1.165) is 36.0 Å². The van der Waals surface area contributed by atoms with Crippen molar-refractivity contribution >= 4 is 27.4 Å². The summed E-state index contributed by atoms with van der Waals surface area (Å²) < 4.78 is 1.92. The van der Waals surface area contributed by atoms with Crippen LogP contribution >= 0.6 is 11.3 Å². The van der Waals surface area contributed by atoms with Gasteiger partial charge in [0.25, 0.3) is 0 Å². The van der Waals surface area contributed by atoms with Crippen LogP contribution in [-0.2, 0) is 6.54 Å². The molecule has 0 radical (unpaired) electrons. The van der Waals surface area contributed by atoms with Crippen LogP contribution in [0.25, 0.3) is 10.2 Å². The van der Waals surface area contributed by atoms with Gasteiger partial charge in [-0.25, -0.2) is 15.0 Å². The van der Waals surface area contributed by atoms with Crippen LogP contribution in [0.4, 0.5) is 5.82 Å². The van der Waals surface area contributed by atoms with Gasteiger partial charge in [-0.3, -0.25) is 4.68 Å².